The molecule has 1 aromatic heterocycles. The third kappa shape index (κ3) is 4.95. The Morgan fingerprint density at radius 2 is 1.54 bits per heavy atom. The molecule has 2 fully saturated rings. The zero-order valence-electron chi connectivity index (χ0n) is 19.4. The van der Waals surface area contributed by atoms with Gasteiger partial charge in [0.15, 0.2) is 12.3 Å². The first-order valence-corrected chi connectivity index (χ1v) is 13.3. The molecule has 0 radical (unpaired) electrons. The fourth-order valence-electron chi connectivity index (χ4n) is 4.74. The van der Waals surface area contributed by atoms with Crippen LogP contribution in [-0.4, -0.2) is 93.2 Å². The molecule has 1 N–H and O–H groups in total. The van der Waals surface area contributed by atoms with E-state index >= 15 is 0 Å². The van der Waals surface area contributed by atoms with Gasteiger partial charge in [-0.15, -0.1) is 0 Å². The van der Waals surface area contributed by atoms with Crippen LogP contribution < -0.4 is 4.90 Å². The molecule has 0 spiro atoms. The van der Waals surface area contributed by atoms with Crippen molar-refractivity contribution in [1.29, 1.82) is 0 Å². The quantitative estimate of drug-likeness (QED) is 0.548. The number of hydrogen-bond donors (Lipinski definition) is 1. The summed E-state index contributed by atoms with van der Waals surface area (Å²) in [4.78, 5) is 30.2. The van der Waals surface area contributed by atoms with E-state index in [1.807, 2.05) is 30.3 Å². The molecule has 2 aliphatic heterocycles. The predicted molar refractivity (Wildman–Crippen MR) is 129 cm³/mol. The van der Waals surface area contributed by atoms with Crippen LogP contribution in [0, 0.1) is 0 Å². The third-order valence-corrected chi connectivity index (χ3v) is 8.74. The van der Waals surface area contributed by atoms with E-state index in [9.17, 15) is 18.0 Å². The van der Waals surface area contributed by atoms with Gasteiger partial charge in [0.1, 0.15) is 0 Å². The number of rotatable bonds is 5. The van der Waals surface area contributed by atoms with Crippen LogP contribution in [0.1, 0.15) is 10.6 Å². The molecule has 0 unspecified atom stereocenters. The van der Waals surface area contributed by atoms with Crippen molar-refractivity contribution in [3.05, 3.63) is 66.6 Å². The lowest BCUT2D eigenvalue weighted by Gasteiger charge is -2.36. The summed E-state index contributed by atoms with van der Waals surface area (Å²) in [6.45, 7) is 4.18. The highest BCUT2D eigenvalue weighted by atomic mass is 32.2. The molecule has 10 heteroatoms. The van der Waals surface area contributed by atoms with Crippen LogP contribution >= 0.6 is 0 Å². The number of hydrogen-bond acceptors (Lipinski definition) is 5. The summed E-state index contributed by atoms with van der Waals surface area (Å²) in [5.74, 6) is 0.235. The van der Waals surface area contributed by atoms with Crippen molar-refractivity contribution in [3.63, 3.8) is 0 Å². The maximum Gasteiger partial charge on any atom is 0.289 e. The molecule has 3 aromatic rings. The number of quaternary nitrogens is 1. The molecule has 9 nitrogen and oxygen atoms in total. The minimum absolute atomic E-state index is 0.0218. The number of piperazine rings is 2. The smallest absolute Gasteiger partial charge is 0.289 e. The van der Waals surface area contributed by atoms with E-state index in [2.05, 4.69) is 0 Å². The molecule has 2 aromatic carbocycles. The van der Waals surface area contributed by atoms with E-state index in [0.29, 0.717) is 51.6 Å². The average Bonchev–Trinajstić information content (AvgIpc) is 3.43. The van der Waals surface area contributed by atoms with Crippen LogP contribution in [0.5, 0.6) is 0 Å². The maximum absolute atomic E-state index is 13.2. The molecule has 5 rings (SSSR count). The van der Waals surface area contributed by atoms with Gasteiger partial charge in [0.2, 0.25) is 10.0 Å². The number of fused-ring (bicyclic) bond motifs is 1. The Morgan fingerprint density at radius 3 is 2.23 bits per heavy atom. The molecule has 2 aliphatic rings. The summed E-state index contributed by atoms with van der Waals surface area (Å²) in [6, 6.07) is 16.2. The van der Waals surface area contributed by atoms with E-state index in [4.69, 9.17) is 4.42 Å². The summed E-state index contributed by atoms with van der Waals surface area (Å²) in [7, 11) is -3.62. The number of nitrogens with zero attached hydrogens (tertiary/aromatic N) is 3. The first-order chi connectivity index (χ1) is 16.9. The van der Waals surface area contributed by atoms with E-state index in [1.165, 1.54) is 10.6 Å². The predicted octanol–water partition coefficient (Wildman–Crippen LogP) is 0.307. The van der Waals surface area contributed by atoms with Crippen molar-refractivity contribution in [2.75, 3.05) is 58.9 Å². The number of furan rings is 1. The molecule has 3 heterocycles. The number of amides is 2. The number of nitrogens with one attached hydrogen (secondary N) is 1. The molecule has 0 bridgehead atoms. The van der Waals surface area contributed by atoms with Crippen molar-refractivity contribution in [3.8, 4) is 0 Å². The fraction of sp³-hybridized carbons (Fsp3) is 0.360. The molecule has 0 saturated carbocycles. The number of sulfonamides is 1. The average molecular weight is 498 g/mol. The normalized spacial score (nSPS) is 18.2. The minimum atomic E-state index is -3.62. The summed E-state index contributed by atoms with van der Waals surface area (Å²) >= 11 is 0. The summed E-state index contributed by atoms with van der Waals surface area (Å²) < 4.78 is 33.0. The zero-order chi connectivity index (χ0) is 24.4. The summed E-state index contributed by atoms with van der Waals surface area (Å²) in [5.41, 5.74) is 0. The largest absolute Gasteiger partial charge is 0.459 e. The van der Waals surface area contributed by atoms with Gasteiger partial charge in [-0.3, -0.25) is 9.59 Å². The fourth-order valence-corrected chi connectivity index (χ4v) is 6.20. The Hall–Kier alpha value is -3.21. The second-order valence-electron chi connectivity index (χ2n) is 8.99. The monoisotopic (exact) mass is 497 g/mol. The van der Waals surface area contributed by atoms with Crippen molar-refractivity contribution in [1.82, 2.24) is 14.1 Å². The molecule has 2 saturated heterocycles. The highest BCUT2D eigenvalue weighted by Gasteiger charge is 2.32. The highest BCUT2D eigenvalue weighted by molar-refractivity contribution is 7.89. The number of carbonyl (C=O) groups is 2. The van der Waals surface area contributed by atoms with E-state index in [1.54, 1.807) is 34.1 Å². The topological polar surface area (TPSA) is 95.6 Å². The standard InChI is InChI=1S/C25H28N4O5S/c30-24(19-26-9-11-28(12-10-26)25(31)23-6-3-17-34-23)27-13-15-29(16-14-27)35(32,33)22-8-7-20-4-1-2-5-21(20)18-22/h1-8,17-18H,9-16,19H2/p+1. The van der Waals surface area contributed by atoms with Gasteiger partial charge < -0.3 is 19.1 Å². The van der Waals surface area contributed by atoms with Crippen LogP contribution in [0.15, 0.2) is 70.2 Å². The SMILES string of the molecule is O=C(C[NH+]1CCN(C(=O)c2ccco2)CC1)N1CCN(S(=O)(=O)c2ccc3ccccc3c2)CC1. The zero-order valence-corrected chi connectivity index (χ0v) is 20.2. The van der Waals surface area contributed by atoms with Gasteiger partial charge in [-0.2, -0.15) is 4.31 Å². The minimum Gasteiger partial charge on any atom is -0.459 e. The first-order valence-electron chi connectivity index (χ1n) is 11.8. The Kier molecular flexibility index (Phi) is 6.59. The Balaban J connectivity index is 1.12. The van der Waals surface area contributed by atoms with Crippen molar-refractivity contribution < 1.29 is 27.3 Å². The van der Waals surface area contributed by atoms with Gasteiger partial charge in [0.05, 0.1) is 37.3 Å². The van der Waals surface area contributed by atoms with Crippen molar-refractivity contribution in [2.45, 2.75) is 4.90 Å². The second-order valence-corrected chi connectivity index (χ2v) is 10.9. The summed E-state index contributed by atoms with van der Waals surface area (Å²) in [6.07, 6.45) is 1.49. The van der Waals surface area contributed by atoms with Crippen molar-refractivity contribution >= 4 is 32.6 Å². The van der Waals surface area contributed by atoms with E-state index in [0.717, 1.165) is 15.7 Å². The number of carbonyl (C=O) groups excluding carboxylic acids is 2. The van der Waals surface area contributed by atoms with Crippen LogP contribution in [0.25, 0.3) is 10.8 Å². The Morgan fingerprint density at radius 1 is 0.829 bits per heavy atom. The molecule has 0 aliphatic carbocycles. The molecule has 184 valence electrons. The lowest BCUT2D eigenvalue weighted by Crippen LogP contribution is -3.15. The van der Waals surface area contributed by atoms with Gasteiger partial charge >= 0.3 is 0 Å². The van der Waals surface area contributed by atoms with Crippen LogP contribution in [-0.2, 0) is 14.8 Å². The van der Waals surface area contributed by atoms with E-state index in [-0.39, 0.29) is 29.8 Å². The van der Waals surface area contributed by atoms with Gasteiger partial charge in [-0.25, -0.2) is 8.42 Å². The Labute approximate surface area is 204 Å². The Bertz CT molecular complexity index is 1310. The van der Waals surface area contributed by atoms with E-state index < -0.39 is 10.0 Å². The lowest BCUT2D eigenvalue weighted by molar-refractivity contribution is -0.896. The van der Waals surface area contributed by atoms with Gasteiger partial charge in [0.25, 0.3) is 11.8 Å². The molecule has 35 heavy (non-hydrogen) atoms. The second kappa shape index (κ2) is 9.80. The molecule has 2 amide bonds. The maximum atomic E-state index is 13.2. The van der Waals surface area contributed by atoms with Gasteiger partial charge in [-0.1, -0.05) is 30.3 Å². The molecular formula is C25H29N4O5S+. The lowest BCUT2D eigenvalue weighted by atomic mass is 10.1. The van der Waals surface area contributed by atoms with Crippen LogP contribution in [0.2, 0.25) is 0 Å². The number of benzene rings is 2. The van der Waals surface area contributed by atoms with Crippen LogP contribution in [0.3, 0.4) is 0 Å². The molecular weight excluding hydrogens is 468 g/mol. The molecule has 0 atom stereocenters. The summed E-state index contributed by atoms with van der Waals surface area (Å²) in [5, 5.41) is 1.88. The first kappa shape index (κ1) is 23.5. The van der Waals surface area contributed by atoms with Gasteiger partial charge in [-0.05, 0) is 35.0 Å². The van der Waals surface area contributed by atoms with Gasteiger partial charge in [0, 0.05) is 26.2 Å². The van der Waals surface area contributed by atoms with Crippen LogP contribution in [0.4, 0.5) is 0 Å². The highest BCUT2D eigenvalue weighted by Crippen LogP contribution is 2.22. The van der Waals surface area contributed by atoms with Crippen molar-refractivity contribution in [2.24, 2.45) is 0 Å². The third-order valence-electron chi connectivity index (χ3n) is 6.84.